The Morgan fingerprint density at radius 3 is 2.32 bits per heavy atom. The van der Waals surface area contributed by atoms with Crippen molar-refractivity contribution in [1.82, 2.24) is 9.97 Å². The van der Waals surface area contributed by atoms with E-state index in [2.05, 4.69) is 14.7 Å². The van der Waals surface area contributed by atoms with Gasteiger partial charge in [-0.15, -0.1) is 11.3 Å². The maximum Gasteiger partial charge on any atom is 0.490 e. The number of hydrogen-bond donors (Lipinski definition) is 2. The minimum atomic E-state index is -5.08. The van der Waals surface area contributed by atoms with Crippen molar-refractivity contribution in [3.8, 4) is 0 Å². The first-order chi connectivity index (χ1) is 11.4. The average Bonchev–Trinajstić information content (AvgIpc) is 2.99. The molecule has 0 atom stereocenters. The monoisotopic (exact) mass is 405 g/mol. The van der Waals surface area contributed by atoms with Gasteiger partial charge in [0.05, 0.1) is 5.51 Å². The van der Waals surface area contributed by atoms with Gasteiger partial charge in [0.1, 0.15) is 0 Å². The van der Waals surface area contributed by atoms with Crippen molar-refractivity contribution < 1.29 is 40.3 Å². The lowest BCUT2D eigenvalue weighted by atomic mass is 10.3. The number of pyridine rings is 1. The summed E-state index contributed by atoms with van der Waals surface area (Å²) in [6.07, 6.45) is -6.81. The van der Waals surface area contributed by atoms with Crippen LogP contribution in [0.3, 0.4) is 0 Å². The highest BCUT2D eigenvalue weighted by Crippen LogP contribution is 2.21. The Bertz CT molecular complexity index is 809. The zero-order valence-corrected chi connectivity index (χ0v) is 13.4. The number of carboxylic acids is 1. The molecular weight excluding hydrogens is 397 g/mol. The molecule has 14 heteroatoms. The Morgan fingerprint density at radius 1 is 1.28 bits per heavy atom. The Kier molecular flexibility index (Phi) is 6.75. The molecule has 2 rings (SSSR count). The molecule has 25 heavy (non-hydrogen) atoms. The number of halogens is 5. The van der Waals surface area contributed by atoms with Crippen LogP contribution in [0.25, 0.3) is 0 Å². The molecule has 2 aromatic heterocycles. The topological polar surface area (TPSA) is 109 Å². The van der Waals surface area contributed by atoms with E-state index < -0.39 is 39.2 Å². The molecule has 2 aromatic rings. The summed E-state index contributed by atoms with van der Waals surface area (Å²) in [4.78, 5) is 16.2. The lowest BCUT2D eigenvalue weighted by Crippen LogP contribution is -2.21. The number of aliphatic carboxylic acids is 1. The van der Waals surface area contributed by atoms with Crippen LogP contribution < -0.4 is 4.72 Å². The Morgan fingerprint density at radius 2 is 1.88 bits per heavy atom. The molecular formula is C11H8F5N3O4S2. The minimum absolute atomic E-state index is 0.129. The van der Waals surface area contributed by atoms with E-state index in [9.17, 15) is 30.4 Å². The molecule has 0 saturated heterocycles. The van der Waals surface area contributed by atoms with E-state index >= 15 is 0 Å². The van der Waals surface area contributed by atoms with Crippen molar-refractivity contribution in [3.05, 3.63) is 34.8 Å². The van der Waals surface area contributed by atoms with Crippen LogP contribution in [-0.2, 0) is 14.8 Å². The molecule has 2 N–H and O–H groups in total. The molecule has 0 bridgehead atoms. The zero-order valence-electron chi connectivity index (χ0n) is 11.7. The lowest BCUT2D eigenvalue weighted by molar-refractivity contribution is -0.192. The quantitative estimate of drug-likeness (QED) is 0.757. The fraction of sp³-hybridized carbons (Fsp3) is 0.182. The van der Waals surface area contributed by atoms with E-state index in [1.807, 2.05) is 0 Å². The summed E-state index contributed by atoms with van der Waals surface area (Å²) < 4.78 is 82.4. The predicted molar refractivity (Wildman–Crippen MR) is 75.8 cm³/mol. The van der Waals surface area contributed by atoms with Crippen LogP contribution in [0, 0.1) is 0 Å². The van der Waals surface area contributed by atoms with E-state index in [0.29, 0.717) is 0 Å². The largest absolute Gasteiger partial charge is 0.490 e. The van der Waals surface area contributed by atoms with Crippen molar-refractivity contribution in [2.24, 2.45) is 0 Å². The molecule has 0 aliphatic carbocycles. The number of aromatic nitrogens is 2. The van der Waals surface area contributed by atoms with E-state index in [-0.39, 0.29) is 5.82 Å². The van der Waals surface area contributed by atoms with Gasteiger partial charge in [0.2, 0.25) is 0 Å². The highest BCUT2D eigenvalue weighted by molar-refractivity contribution is 7.92. The highest BCUT2D eigenvalue weighted by atomic mass is 32.2. The van der Waals surface area contributed by atoms with Crippen LogP contribution in [0.1, 0.15) is 12.0 Å². The van der Waals surface area contributed by atoms with Crippen molar-refractivity contribution in [1.29, 1.82) is 0 Å². The van der Waals surface area contributed by atoms with Crippen molar-refractivity contribution in [3.63, 3.8) is 0 Å². The van der Waals surface area contributed by atoms with E-state index in [4.69, 9.17) is 9.90 Å². The molecule has 0 spiro atoms. The van der Waals surface area contributed by atoms with Gasteiger partial charge >= 0.3 is 12.1 Å². The molecule has 0 aromatic carbocycles. The number of sulfonamides is 1. The molecule has 7 nitrogen and oxygen atoms in total. The summed E-state index contributed by atoms with van der Waals surface area (Å²) in [5.41, 5.74) is 1.05. The van der Waals surface area contributed by atoms with Gasteiger partial charge in [-0.25, -0.2) is 23.5 Å². The molecule has 0 radical (unpaired) electrons. The van der Waals surface area contributed by atoms with Crippen molar-refractivity contribution >= 4 is 33.1 Å². The lowest BCUT2D eigenvalue weighted by Gasteiger charge is -2.06. The zero-order chi connectivity index (χ0) is 19.3. The summed E-state index contributed by atoms with van der Waals surface area (Å²) in [7, 11) is -3.99. The SMILES string of the molecule is O=C(O)C(F)(F)F.O=S(=O)(Nc1cscn1)c1cc(C(F)F)ccn1. The number of anilines is 1. The maximum absolute atomic E-state index is 12.5. The van der Waals surface area contributed by atoms with E-state index in [0.717, 1.165) is 18.3 Å². The number of alkyl halides is 5. The van der Waals surface area contributed by atoms with E-state index in [1.54, 1.807) is 0 Å². The van der Waals surface area contributed by atoms with Gasteiger partial charge in [-0.3, -0.25) is 4.72 Å². The van der Waals surface area contributed by atoms with Gasteiger partial charge in [-0.1, -0.05) is 0 Å². The molecule has 0 aliphatic heterocycles. The van der Waals surface area contributed by atoms with Crippen LogP contribution >= 0.6 is 11.3 Å². The number of thiazole rings is 1. The standard InChI is InChI=1S/C9H7F2N3O2S2.C2HF3O2/c10-9(11)6-1-2-12-8(3-6)18(15,16)14-7-4-17-5-13-7;3-2(4,5)1(6)7/h1-5,9,14H;(H,6,7). The van der Waals surface area contributed by atoms with Crippen molar-refractivity contribution in [2.45, 2.75) is 17.6 Å². The summed E-state index contributed by atoms with van der Waals surface area (Å²) >= 11 is 1.21. The second kappa shape index (κ2) is 8.15. The Labute approximate surface area is 141 Å². The number of rotatable bonds is 4. The summed E-state index contributed by atoms with van der Waals surface area (Å²) in [6, 6.07) is 1.89. The molecule has 0 amide bonds. The number of carboxylic acid groups (broad SMARTS) is 1. The van der Waals surface area contributed by atoms with Gasteiger partial charge < -0.3 is 5.11 Å². The van der Waals surface area contributed by atoms with Gasteiger partial charge in [0.15, 0.2) is 10.8 Å². The molecule has 0 aliphatic rings. The summed E-state index contributed by atoms with van der Waals surface area (Å²) in [6.45, 7) is 0. The fourth-order valence-corrected chi connectivity index (χ4v) is 2.70. The summed E-state index contributed by atoms with van der Waals surface area (Å²) in [5, 5.41) is 8.14. The molecule has 0 saturated carbocycles. The van der Waals surface area contributed by atoms with Crippen LogP contribution in [0.5, 0.6) is 0 Å². The first kappa shape index (κ1) is 20.7. The molecule has 138 valence electrons. The van der Waals surface area contributed by atoms with Gasteiger partial charge in [-0.05, 0) is 12.1 Å². The smallest absolute Gasteiger partial charge is 0.475 e. The Balaban J connectivity index is 0.000000381. The van der Waals surface area contributed by atoms with Crippen molar-refractivity contribution in [2.75, 3.05) is 4.72 Å². The summed E-state index contributed by atoms with van der Waals surface area (Å²) in [5.74, 6) is -2.63. The Hall–Kier alpha value is -2.35. The van der Waals surface area contributed by atoms with Gasteiger partial charge in [0, 0.05) is 17.1 Å². The number of carbonyl (C=O) groups is 1. The first-order valence-electron chi connectivity index (χ1n) is 5.88. The second-order valence-electron chi connectivity index (χ2n) is 4.01. The third kappa shape index (κ3) is 6.58. The van der Waals surface area contributed by atoms with Crippen LogP contribution in [-0.4, -0.2) is 35.6 Å². The number of nitrogens with one attached hydrogen (secondary N) is 1. The second-order valence-corrected chi connectivity index (χ2v) is 6.36. The number of hydrogen-bond acceptors (Lipinski definition) is 6. The van der Waals surface area contributed by atoms with Gasteiger partial charge in [-0.2, -0.15) is 21.6 Å². The van der Waals surface area contributed by atoms with Crippen LogP contribution in [0.4, 0.5) is 27.8 Å². The average molecular weight is 405 g/mol. The highest BCUT2D eigenvalue weighted by Gasteiger charge is 2.38. The van der Waals surface area contributed by atoms with Crippen LogP contribution in [0.2, 0.25) is 0 Å². The van der Waals surface area contributed by atoms with Crippen LogP contribution in [0.15, 0.2) is 34.2 Å². The predicted octanol–water partition coefficient (Wildman–Crippen LogP) is 2.91. The molecule has 0 fully saturated rings. The van der Waals surface area contributed by atoms with E-state index in [1.165, 1.54) is 22.2 Å². The normalized spacial score (nSPS) is 11.6. The fourth-order valence-electron chi connectivity index (χ4n) is 1.16. The maximum atomic E-state index is 12.5. The number of nitrogens with zero attached hydrogens (tertiary/aromatic N) is 2. The first-order valence-corrected chi connectivity index (χ1v) is 8.31. The third-order valence-electron chi connectivity index (χ3n) is 2.20. The minimum Gasteiger partial charge on any atom is -0.475 e. The molecule has 2 heterocycles. The third-order valence-corrected chi connectivity index (χ3v) is 4.04. The van der Waals surface area contributed by atoms with Gasteiger partial charge in [0.25, 0.3) is 16.4 Å². The molecule has 0 unspecified atom stereocenters.